The minimum absolute atomic E-state index is 0.0226. The number of benzene rings is 2. The highest BCUT2D eigenvalue weighted by molar-refractivity contribution is 8.26. The summed E-state index contributed by atoms with van der Waals surface area (Å²) in [5.41, 5.74) is -0.973. The number of halogens is 1. The van der Waals surface area contributed by atoms with Crippen molar-refractivity contribution in [2.45, 2.75) is 31.1 Å². The average Bonchev–Trinajstić information content (AvgIpc) is 2.62. The zero-order valence-corrected chi connectivity index (χ0v) is 16.6. The Morgan fingerprint density at radius 2 is 1.79 bits per heavy atom. The van der Waals surface area contributed by atoms with E-state index in [9.17, 15) is 23.4 Å². The minimum atomic E-state index is -3.32. The van der Waals surface area contributed by atoms with Crippen LogP contribution in [-0.4, -0.2) is 36.5 Å². The summed E-state index contributed by atoms with van der Waals surface area (Å²) < 4.78 is 34.9. The number of phenols is 1. The molecule has 6 nitrogen and oxygen atoms in total. The molecule has 4 N–H and O–H groups in total. The maximum absolute atomic E-state index is 14.5. The number of hydrogen-bond donors (Lipinski definition) is 4. The molecule has 0 radical (unpaired) electrons. The molecular weight excluding hydrogens is 383 g/mol. The molecule has 0 aromatic heterocycles. The van der Waals surface area contributed by atoms with Crippen molar-refractivity contribution < 1.29 is 23.4 Å². The molecule has 150 valence electrons. The topological polar surface area (TPSA) is 102 Å². The first-order chi connectivity index (χ1) is 13.0. The smallest absolute Gasteiger partial charge is 0.256 e. The predicted molar refractivity (Wildman–Crippen MR) is 109 cm³/mol. The van der Waals surface area contributed by atoms with E-state index in [1.54, 1.807) is 51.1 Å². The molecule has 1 aliphatic rings. The van der Waals surface area contributed by atoms with Gasteiger partial charge in [-0.1, -0.05) is 18.2 Å². The van der Waals surface area contributed by atoms with Crippen LogP contribution in [0, 0.1) is 5.82 Å². The van der Waals surface area contributed by atoms with E-state index in [-0.39, 0.29) is 22.9 Å². The number of rotatable bonds is 2. The molecule has 2 aromatic rings. The summed E-state index contributed by atoms with van der Waals surface area (Å²) >= 11 is 0. The van der Waals surface area contributed by atoms with Gasteiger partial charge in [0.15, 0.2) is 0 Å². The summed E-state index contributed by atoms with van der Waals surface area (Å²) in [6.07, 6.45) is 0. The number of nitrogens with one attached hydrogen (secondary N) is 1. The Morgan fingerprint density at radius 1 is 1.14 bits per heavy atom. The molecule has 0 aliphatic carbocycles. The second-order valence-corrected chi connectivity index (χ2v) is 10.2. The first-order valence-corrected chi connectivity index (χ1v) is 10.4. The number of hydrogen-bond acceptors (Lipinski definition) is 5. The molecule has 8 heteroatoms. The van der Waals surface area contributed by atoms with Gasteiger partial charge in [0.05, 0.1) is 5.75 Å². The van der Waals surface area contributed by atoms with Gasteiger partial charge in [0.25, 0.3) is 5.91 Å². The fourth-order valence-electron chi connectivity index (χ4n) is 3.15. The SMILES string of the molecule is CC1(c2cc(O)ccc2F)CS(O)(O)C(C)(C)C(NC(=O)c2ccccc2)=N1. The number of carbonyl (C=O) groups excluding carboxylic acids is 1. The number of aromatic hydroxyl groups is 1. The van der Waals surface area contributed by atoms with Crippen molar-refractivity contribution in [3.8, 4) is 5.75 Å². The Balaban J connectivity index is 2.09. The standard InChI is InChI=1S/C20H23FN2O4S/c1-19(2)18(22-17(25)13-7-5-4-6-8-13)23-20(3,12-28(19,26)27)15-11-14(24)9-10-16(15)21/h4-11,24,26-27H,12H2,1-3H3,(H,22,23,25). The van der Waals surface area contributed by atoms with Crippen LogP contribution in [0.3, 0.4) is 0 Å². The van der Waals surface area contributed by atoms with Crippen molar-refractivity contribution in [1.82, 2.24) is 5.32 Å². The van der Waals surface area contributed by atoms with Crippen molar-refractivity contribution in [2.24, 2.45) is 4.99 Å². The quantitative estimate of drug-likeness (QED) is 0.602. The molecule has 1 amide bonds. The summed E-state index contributed by atoms with van der Waals surface area (Å²) in [7, 11) is -3.32. The molecule has 0 bridgehead atoms. The normalized spacial score (nSPS) is 24.1. The van der Waals surface area contributed by atoms with E-state index in [2.05, 4.69) is 10.3 Å². The summed E-state index contributed by atoms with van der Waals surface area (Å²) in [4.78, 5) is 17.2. The first kappa shape index (κ1) is 20.3. The van der Waals surface area contributed by atoms with Crippen molar-refractivity contribution in [2.75, 3.05) is 5.75 Å². The predicted octanol–water partition coefficient (Wildman–Crippen LogP) is 4.12. The summed E-state index contributed by atoms with van der Waals surface area (Å²) in [5.74, 6) is -1.43. The number of phenolic OH excluding ortho intramolecular Hbond substituents is 1. The van der Waals surface area contributed by atoms with E-state index >= 15 is 0 Å². The van der Waals surface area contributed by atoms with Crippen LogP contribution in [0.1, 0.15) is 36.7 Å². The molecule has 2 aromatic carbocycles. The van der Waals surface area contributed by atoms with Crippen molar-refractivity contribution >= 4 is 22.3 Å². The minimum Gasteiger partial charge on any atom is -0.508 e. The van der Waals surface area contributed by atoms with Crippen LogP contribution in [0.25, 0.3) is 0 Å². The molecular formula is C20H23FN2O4S. The molecule has 1 unspecified atom stereocenters. The largest absolute Gasteiger partial charge is 0.508 e. The van der Waals surface area contributed by atoms with Crippen LogP contribution < -0.4 is 5.32 Å². The first-order valence-electron chi connectivity index (χ1n) is 8.67. The Kier molecular flexibility index (Phi) is 4.99. The van der Waals surface area contributed by atoms with Gasteiger partial charge in [0, 0.05) is 11.1 Å². The summed E-state index contributed by atoms with van der Waals surface area (Å²) in [6, 6.07) is 12.0. The fraction of sp³-hybridized carbons (Fsp3) is 0.300. The molecule has 28 heavy (non-hydrogen) atoms. The molecule has 0 saturated carbocycles. The van der Waals surface area contributed by atoms with Crippen LogP contribution in [-0.2, 0) is 5.54 Å². The van der Waals surface area contributed by atoms with E-state index in [1.165, 1.54) is 12.1 Å². The van der Waals surface area contributed by atoms with E-state index in [1.807, 2.05) is 0 Å². The Bertz CT molecular complexity index is 946. The van der Waals surface area contributed by atoms with Gasteiger partial charge in [-0.2, -0.15) is 10.6 Å². The van der Waals surface area contributed by atoms with E-state index in [0.717, 1.165) is 6.07 Å². The lowest BCUT2D eigenvalue weighted by Crippen LogP contribution is -2.55. The molecule has 0 saturated heterocycles. The fourth-order valence-corrected chi connectivity index (χ4v) is 4.92. The lowest BCUT2D eigenvalue weighted by Gasteiger charge is -2.54. The molecule has 0 fully saturated rings. The third-order valence-electron chi connectivity index (χ3n) is 5.03. The lowest BCUT2D eigenvalue weighted by molar-refractivity contribution is 0.0975. The highest BCUT2D eigenvalue weighted by Crippen LogP contribution is 2.59. The van der Waals surface area contributed by atoms with Gasteiger partial charge < -0.3 is 10.4 Å². The highest BCUT2D eigenvalue weighted by atomic mass is 32.3. The second kappa shape index (κ2) is 6.88. The van der Waals surface area contributed by atoms with Crippen molar-refractivity contribution in [3.63, 3.8) is 0 Å². The van der Waals surface area contributed by atoms with E-state index < -0.39 is 32.6 Å². The van der Waals surface area contributed by atoms with E-state index in [0.29, 0.717) is 5.56 Å². The molecule has 1 aliphatic heterocycles. The van der Waals surface area contributed by atoms with Crippen LogP contribution in [0.5, 0.6) is 5.75 Å². The number of amidine groups is 1. The molecule has 1 heterocycles. The van der Waals surface area contributed by atoms with Gasteiger partial charge in [-0.05, 0) is 51.1 Å². The van der Waals surface area contributed by atoms with Gasteiger partial charge in [-0.3, -0.25) is 18.9 Å². The van der Waals surface area contributed by atoms with Crippen LogP contribution in [0.15, 0.2) is 53.5 Å². The van der Waals surface area contributed by atoms with Gasteiger partial charge in [0.1, 0.15) is 27.7 Å². The van der Waals surface area contributed by atoms with Gasteiger partial charge in [-0.25, -0.2) is 4.39 Å². The highest BCUT2D eigenvalue weighted by Gasteiger charge is 2.50. The van der Waals surface area contributed by atoms with Crippen LogP contribution >= 0.6 is 10.6 Å². The van der Waals surface area contributed by atoms with Crippen LogP contribution in [0.2, 0.25) is 0 Å². The summed E-state index contributed by atoms with van der Waals surface area (Å²) in [6.45, 7) is 4.69. The third-order valence-corrected chi connectivity index (χ3v) is 7.82. The maximum atomic E-state index is 14.5. The second-order valence-electron chi connectivity index (χ2n) is 7.54. The molecule has 1 atom stereocenters. The van der Waals surface area contributed by atoms with Gasteiger partial charge in [-0.15, -0.1) is 0 Å². The average molecular weight is 406 g/mol. The number of amides is 1. The Morgan fingerprint density at radius 3 is 2.43 bits per heavy atom. The molecule has 3 rings (SSSR count). The lowest BCUT2D eigenvalue weighted by atomic mass is 9.93. The third kappa shape index (κ3) is 3.50. The van der Waals surface area contributed by atoms with Crippen molar-refractivity contribution in [3.05, 3.63) is 65.5 Å². The Hall–Kier alpha value is -2.42. The van der Waals surface area contributed by atoms with Crippen LogP contribution in [0.4, 0.5) is 4.39 Å². The number of nitrogens with zero attached hydrogens (tertiary/aromatic N) is 1. The van der Waals surface area contributed by atoms with Crippen molar-refractivity contribution in [1.29, 1.82) is 0 Å². The Labute approximate surface area is 164 Å². The zero-order valence-electron chi connectivity index (χ0n) is 15.8. The zero-order chi connectivity index (χ0) is 20.7. The number of aliphatic imine (C=N–C) groups is 1. The van der Waals surface area contributed by atoms with Gasteiger partial charge >= 0.3 is 0 Å². The maximum Gasteiger partial charge on any atom is 0.256 e. The van der Waals surface area contributed by atoms with Gasteiger partial charge in [0.2, 0.25) is 0 Å². The summed E-state index contributed by atoms with van der Waals surface area (Å²) in [5, 5.41) is 12.4. The van der Waals surface area contributed by atoms with E-state index in [4.69, 9.17) is 0 Å². The molecule has 0 spiro atoms. The number of carbonyl (C=O) groups is 1. The monoisotopic (exact) mass is 406 g/mol.